The number of hydrogen-bond acceptors (Lipinski definition) is 5. The Kier molecular flexibility index (Phi) is 7.13. The number of aryl methyl sites for hydroxylation is 1. The highest BCUT2D eigenvalue weighted by Gasteiger charge is 2.06. The molecule has 136 valence electrons. The zero-order valence-corrected chi connectivity index (χ0v) is 15.0. The van der Waals surface area contributed by atoms with Crippen molar-refractivity contribution in [2.75, 3.05) is 32.7 Å². The van der Waals surface area contributed by atoms with Crippen LogP contribution in [-0.4, -0.2) is 38.4 Å². The molecule has 0 saturated carbocycles. The molecule has 0 spiro atoms. The van der Waals surface area contributed by atoms with E-state index in [0.717, 1.165) is 5.69 Å². The second-order valence-electron chi connectivity index (χ2n) is 5.15. The van der Waals surface area contributed by atoms with Gasteiger partial charge in [0.05, 0.1) is 27.0 Å². The van der Waals surface area contributed by atoms with E-state index in [2.05, 4.69) is 27.5 Å². The van der Waals surface area contributed by atoms with Crippen molar-refractivity contribution in [1.29, 1.82) is 0 Å². The summed E-state index contributed by atoms with van der Waals surface area (Å²) in [7, 11) is 3.08. The molecule has 0 saturated heterocycles. The number of benzene rings is 1. The first-order valence-electron chi connectivity index (χ1n) is 7.90. The molecular formula is C19H21N3O4. The molecule has 1 aromatic carbocycles. The summed E-state index contributed by atoms with van der Waals surface area (Å²) in [5, 5.41) is 5.34. The van der Waals surface area contributed by atoms with Crippen LogP contribution in [0.4, 0.5) is 10.5 Å². The molecule has 0 atom stereocenters. The van der Waals surface area contributed by atoms with E-state index < -0.39 is 0 Å². The standard InChI is InChI=1S/C19H21N3O4/c1-14-6-8-16(13-21-14)26-11-5-4-10-20-19(23)22-15-7-9-17(24-2)18(12-15)25-3/h6-9,12-13H,10-11H2,1-3H3,(H2,20,22,23). The first-order chi connectivity index (χ1) is 12.6. The SMILES string of the molecule is COc1ccc(NC(=O)NCC#CCOc2ccc(C)nc2)cc1OC. The van der Waals surface area contributed by atoms with Crippen LogP contribution in [0.5, 0.6) is 17.2 Å². The second kappa shape index (κ2) is 9.79. The molecule has 0 fully saturated rings. The zero-order chi connectivity index (χ0) is 18.8. The number of urea groups is 1. The Hall–Kier alpha value is -3.40. The minimum absolute atomic E-state index is 0.203. The lowest BCUT2D eigenvalue weighted by Gasteiger charge is -2.10. The van der Waals surface area contributed by atoms with Crippen LogP contribution in [0.2, 0.25) is 0 Å². The average molecular weight is 355 g/mol. The Balaban J connectivity index is 1.73. The predicted octanol–water partition coefficient (Wildman–Crippen LogP) is 2.61. The number of aromatic nitrogens is 1. The summed E-state index contributed by atoms with van der Waals surface area (Å²) in [6, 6.07) is 8.44. The van der Waals surface area contributed by atoms with Crippen LogP contribution >= 0.6 is 0 Å². The van der Waals surface area contributed by atoms with Gasteiger partial charge in [-0.1, -0.05) is 11.8 Å². The van der Waals surface area contributed by atoms with E-state index in [4.69, 9.17) is 14.2 Å². The van der Waals surface area contributed by atoms with Gasteiger partial charge >= 0.3 is 6.03 Å². The number of pyridine rings is 1. The topological polar surface area (TPSA) is 81.7 Å². The molecule has 0 radical (unpaired) electrons. The maximum absolute atomic E-state index is 11.9. The fraction of sp³-hybridized carbons (Fsp3) is 0.263. The minimum Gasteiger partial charge on any atom is -0.493 e. The molecule has 0 unspecified atom stereocenters. The monoisotopic (exact) mass is 355 g/mol. The Morgan fingerprint density at radius 1 is 1.12 bits per heavy atom. The Morgan fingerprint density at radius 3 is 2.62 bits per heavy atom. The van der Waals surface area contributed by atoms with E-state index in [0.29, 0.717) is 22.9 Å². The largest absolute Gasteiger partial charge is 0.493 e. The molecule has 2 aromatic rings. The van der Waals surface area contributed by atoms with E-state index in [-0.39, 0.29) is 19.2 Å². The molecule has 0 bridgehead atoms. The quantitative estimate of drug-likeness (QED) is 0.779. The summed E-state index contributed by atoms with van der Waals surface area (Å²) < 4.78 is 15.8. The van der Waals surface area contributed by atoms with Crippen LogP contribution in [0.25, 0.3) is 0 Å². The number of ether oxygens (including phenoxy) is 3. The number of amides is 2. The number of carbonyl (C=O) groups is 1. The molecule has 7 heteroatoms. The van der Waals surface area contributed by atoms with Gasteiger partial charge in [-0.05, 0) is 31.2 Å². The third kappa shape index (κ3) is 5.91. The van der Waals surface area contributed by atoms with Crippen LogP contribution < -0.4 is 24.8 Å². The molecular weight excluding hydrogens is 334 g/mol. The Bertz CT molecular complexity index is 795. The Labute approximate surface area is 152 Å². The van der Waals surface area contributed by atoms with Gasteiger partial charge in [0.15, 0.2) is 11.5 Å². The van der Waals surface area contributed by atoms with Crippen LogP contribution in [0.15, 0.2) is 36.5 Å². The van der Waals surface area contributed by atoms with Crippen LogP contribution in [0, 0.1) is 18.8 Å². The van der Waals surface area contributed by atoms with Gasteiger partial charge < -0.3 is 24.8 Å². The smallest absolute Gasteiger partial charge is 0.319 e. The number of methoxy groups -OCH3 is 2. The summed E-state index contributed by atoms with van der Waals surface area (Å²) in [5.41, 5.74) is 1.51. The number of carbonyl (C=O) groups excluding carboxylic acids is 1. The van der Waals surface area contributed by atoms with Crippen LogP contribution in [-0.2, 0) is 0 Å². The maximum Gasteiger partial charge on any atom is 0.319 e. The highest BCUT2D eigenvalue weighted by molar-refractivity contribution is 5.89. The van der Waals surface area contributed by atoms with Gasteiger partial charge in [0.25, 0.3) is 0 Å². The van der Waals surface area contributed by atoms with Gasteiger partial charge in [0.1, 0.15) is 12.4 Å². The maximum atomic E-state index is 11.9. The summed E-state index contributed by atoms with van der Waals surface area (Å²) >= 11 is 0. The van der Waals surface area contributed by atoms with Crippen LogP contribution in [0.1, 0.15) is 5.69 Å². The van der Waals surface area contributed by atoms with E-state index in [9.17, 15) is 4.79 Å². The fourth-order valence-corrected chi connectivity index (χ4v) is 1.99. The van der Waals surface area contributed by atoms with E-state index in [1.807, 2.05) is 19.1 Å². The van der Waals surface area contributed by atoms with E-state index in [1.165, 1.54) is 7.11 Å². The van der Waals surface area contributed by atoms with Crippen molar-refractivity contribution in [3.8, 4) is 29.1 Å². The van der Waals surface area contributed by atoms with Crippen molar-refractivity contribution < 1.29 is 19.0 Å². The summed E-state index contributed by atoms with van der Waals surface area (Å²) in [6.07, 6.45) is 1.64. The normalized spacial score (nSPS) is 9.50. The van der Waals surface area contributed by atoms with Crippen LogP contribution in [0.3, 0.4) is 0 Å². The molecule has 1 heterocycles. The van der Waals surface area contributed by atoms with E-state index in [1.54, 1.807) is 31.5 Å². The molecule has 2 N–H and O–H groups in total. The predicted molar refractivity (Wildman–Crippen MR) is 98.8 cm³/mol. The van der Waals surface area contributed by atoms with Gasteiger partial charge in [-0.15, -0.1) is 0 Å². The molecule has 26 heavy (non-hydrogen) atoms. The van der Waals surface area contributed by atoms with Crippen molar-refractivity contribution in [1.82, 2.24) is 10.3 Å². The average Bonchev–Trinajstić information content (AvgIpc) is 2.65. The van der Waals surface area contributed by atoms with Crippen molar-refractivity contribution in [2.45, 2.75) is 6.92 Å². The van der Waals surface area contributed by atoms with Gasteiger partial charge in [-0.25, -0.2) is 4.79 Å². The number of nitrogens with zero attached hydrogens (tertiary/aromatic N) is 1. The zero-order valence-electron chi connectivity index (χ0n) is 15.0. The summed E-state index contributed by atoms with van der Waals surface area (Å²) in [6.45, 7) is 2.33. The van der Waals surface area contributed by atoms with Crippen molar-refractivity contribution in [3.63, 3.8) is 0 Å². The van der Waals surface area contributed by atoms with E-state index >= 15 is 0 Å². The molecule has 2 amide bonds. The molecule has 0 aliphatic rings. The summed E-state index contributed by atoms with van der Waals surface area (Å²) in [4.78, 5) is 16.0. The van der Waals surface area contributed by atoms with Gasteiger partial charge in [0.2, 0.25) is 0 Å². The molecule has 7 nitrogen and oxygen atoms in total. The Morgan fingerprint density at radius 2 is 1.92 bits per heavy atom. The van der Waals surface area contributed by atoms with Gasteiger partial charge in [-0.2, -0.15) is 0 Å². The van der Waals surface area contributed by atoms with Crippen molar-refractivity contribution in [3.05, 3.63) is 42.2 Å². The number of nitrogens with one attached hydrogen (secondary N) is 2. The third-order valence-corrected chi connectivity index (χ3v) is 3.30. The second-order valence-corrected chi connectivity index (χ2v) is 5.15. The molecule has 1 aromatic heterocycles. The first-order valence-corrected chi connectivity index (χ1v) is 7.90. The lowest BCUT2D eigenvalue weighted by Crippen LogP contribution is -2.28. The highest BCUT2D eigenvalue weighted by Crippen LogP contribution is 2.29. The van der Waals surface area contributed by atoms with Gasteiger partial charge in [-0.3, -0.25) is 4.98 Å². The van der Waals surface area contributed by atoms with Crippen molar-refractivity contribution in [2.24, 2.45) is 0 Å². The lowest BCUT2D eigenvalue weighted by atomic mass is 10.3. The molecule has 0 aliphatic carbocycles. The number of hydrogen-bond donors (Lipinski definition) is 2. The minimum atomic E-state index is -0.366. The summed E-state index contributed by atoms with van der Waals surface area (Å²) in [5.74, 6) is 7.42. The van der Waals surface area contributed by atoms with Gasteiger partial charge in [0, 0.05) is 17.4 Å². The number of anilines is 1. The highest BCUT2D eigenvalue weighted by atomic mass is 16.5. The molecule has 0 aliphatic heterocycles. The lowest BCUT2D eigenvalue weighted by molar-refractivity contribution is 0.253. The van der Waals surface area contributed by atoms with Crippen molar-refractivity contribution >= 4 is 11.7 Å². The first kappa shape index (κ1) is 18.9. The molecule has 2 rings (SSSR count). The number of rotatable bonds is 6. The third-order valence-electron chi connectivity index (χ3n) is 3.30. The fourth-order valence-electron chi connectivity index (χ4n) is 1.99.